The van der Waals surface area contributed by atoms with Crippen molar-refractivity contribution in [1.29, 1.82) is 0 Å². The summed E-state index contributed by atoms with van der Waals surface area (Å²) in [6, 6.07) is 7.35. The molecule has 0 unspecified atom stereocenters. The van der Waals surface area contributed by atoms with Crippen LogP contribution in [0, 0.1) is 0 Å². The lowest BCUT2D eigenvalue weighted by atomic mass is 9.94. The zero-order valence-electron chi connectivity index (χ0n) is 13.8. The summed E-state index contributed by atoms with van der Waals surface area (Å²) in [6.07, 6.45) is 1.85. The van der Waals surface area contributed by atoms with E-state index in [1.165, 1.54) is 0 Å². The van der Waals surface area contributed by atoms with E-state index in [9.17, 15) is 9.59 Å². The fraction of sp³-hybridized carbons (Fsp3) is 0.529. The molecule has 126 valence electrons. The minimum Gasteiger partial charge on any atom is -0.482 e. The molecule has 0 saturated heterocycles. The van der Waals surface area contributed by atoms with Crippen LogP contribution in [0.5, 0.6) is 5.75 Å². The Bertz CT molecular complexity index is 570. The summed E-state index contributed by atoms with van der Waals surface area (Å²) in [5.41, 5.74) is 6.52. The van der Waals surface area contributed by atoms with E-state index in [1.807, 2.05) is 38.1 Å². The van der Waals surface area contributed by atoms with E-state index >= 15 is 0 Å². The topological polar surface area (TPSA) is 84.7 Å². The maximum atomic E-state index is 12.0. The molecule has 1 aliphatic rings. The molecule has 0 bridgehead atoms. The van der Waals surface area contributed by atoms with E-state index in [0.29, 0.717) is 24.5 Å². The van der Waals surface area contributed by atoms with Crippen LogP contribution >= 0.6 is 0 Å². The van der Waals surface area contributed by atoms with Crippen LogP contribution in [0.3, 0.4) is 0 Å². The first-order valence-electron chi connectivity index (χ1n) is 8.07. The summed E-state index contributed by atoms with van der Waals surface area (Å²) in [5.74, 6) is 0.440. The van der Waals surface area contributed by atoms with Gasteiger partial charge < -0.3 is 20.7 Å². The molecule has 2 rings (SSSR count). The fourth-order valence-electron chi connectivity index (χ4n) is 2.48. The molecule has 0 saturated carbocycles. The SMILES string of the molecule is CCC(N)(CC)CNC(=O)CCN1C(=O)COc2ccccc21. The molecule has 6 nitrogen and oxygen atoms in total. The van der Waals surface area contributed by atoms with Gasteiger partial charge in [0.25, 0.3) is 5.91 Å². The van der Waals surface area contributed by atoms with Crippen LogP contribution in [0.1, 0.15) is 33.1 Å². The zero-order valence-corrected chi connectivity index (χ0v) is 13.8. The molecule has 0 aliphatic carbocycles. The Kier molecular flexibility index (Phi) is 5.60. The van der Waals surface area contributed by atoms with Crippen LogP contribution in [0.25, 0.3) is 0 Å². The first-order chi connectivity index (χ1) is 11.0. The number of fused-ring (bicyclic) bond motifs is 1. The van der Waals surface area contributed by atoms with E-state index in [-0.39, 0.29) is 30.4 Å². The Morgan fingerprint density at radius 2 is 2.04 bits per heavy atom. The van der Waals surface area contributed by atoms with Gasteiger partial charge in [0.1, 0.15) is 5.75 Å². The van der Waals surface area contributed by atoms with Crippen LogP contribution in [0.2, 0.25) is 0 Å². The van der Waals surface area contributed by atoms with Crippen molar-refractivity contribution >= 4 is 17.5 Å². The summed E-state index contributed by atoms with van der Waals surface area (Å²) in [7, 11) is 0. The second-order valence-electron chi connectivity index (χ2n) is 5.90. The molecular formula is C17H25N3O3. The lowest BCUT2D eigenvalue weighted by Crippen LogP contribution is -2.49. The van der Waals surface area contributed by atoms with Crippen molar-refractivity contribution in [3.8, 4) is 5.75 Å². The number of amides is 2. The average molecular weight is 319 g/mol. The Balaban J connectivity index is 1.90. The summed E-state index contributed by atoms with van der Waals surface area (Å²) < 4.78 is 5.39. The van der Waals surface area contributed by atoms with Gasteiger partial charge in [0.2, 0.25) is 5.91 Å². The van der Waals surface area contributed by atoms with Gasteiger partial charge in [-0.1, -0.05) is 26.0 Å². The van der Waals surface area contributed by atoms with Crippen molar-refractivity contribution in [2.75, 3.05) is 24.6 Å². The highest BCUT2D eigenvalue weighted by atomic mass is 16.5. The quantitative estimate of drug-likeness (QED) is 0.796. The van der Waals surface area contributed by atoms with Crippen molar-refractivity contribution in [2.45, 2.75) is 38.6 Å². The summed E-state index contributed by atoms with van der Waals surface area (Å²) >= 11 is 0. The number of carbonyl (C=O) groups is 2. The highest BCUT2D eigenvalue weighted by molar-refractivity contribution is 5.98. The molecule has 6 heteroatoms. The lowest BCUT2D eigenvalue weighted by Gasteiger charge is -2.29. The van der Waals surface area contributed by atoms with E-state index < -0.39 is 0 Å². The summed E-state index contributed by atoms with van der Waals surface area (Å²) in [5, 5.41) is 2.87. The van der Waals surface area contributed by atoms with Gasteiger partial charge in [-0.15, -0.1) is 0 Å². The number of nitrogens with one attached hydrogen (secondary N) is 1. The van der Waals surface area contributed by atoms with E-state index in [2.05, 4.69) is 5.32 Å². The molecule has 1 aromatic rings. The van der Waals surface area contributed by atoms with Crippen LogP contribution in [0.4, 0.5) is 5.69 Å². The Hall–Kier alpha value is -2.08. The van der Waals surface area contributed by atoms with Crippen molar-refractivity contribution in [3.63, 3.8) is 0 Å². The van der Waals surface area contributed by atoms with Gasteiger partial charge >= 0.3 is 0 Å². The van der Waals surface area contributed by atoms with Crippen molar-refractivity contribution in [3.05, 3.63) is 24.3 Å². The van der Waals surface area contributed by atoms with Crippen LogP contribution in [0.15, 0.2) is 24.3 Å². The highest BCUT2D eigenvalue weighted by Crippen LogP contribution is 2.31. The number of para-hydroxylation sites is 2. The molecule has 1 aliphatic heterocycles. The van der Waals surface area contributed by atoms with Crippen molar-refractivity contribution in [2.24, 2.45) is 5.73 Å². The third-order valence-electron chi connectivity index (χ3n) is 4.42. The Labute approximate surface area is 137 Å². The average Bonchev–Trinajstić information content (AvgIpc) is 2.58. The number of benzene rings is 1. The molecule has 0 atom stereocenters. The molecule has 0 spiro atoms. The summed E-state index contributed by atoms with van der Waals surface area (Å²) in [6.45, 7) is 4.82. The second kappa shape index (κ2) is 7.46. The number of hydrogen-bond donors (Lipinski definition) is 2. The third kappa shape index (κ3) is 4.22. The molecule has 0 fully saturated rings. The fourth-order valence-corrected chi connectivity index (χ4v) is 2.48. The van der Waals surface area contributed by atoms with Crippen molar-refractivity contribution in [1.82, 2.24) is 5.32 Å². The van der Waals surface area contributed by atoms with Crippen LogP contribution < -0.4 is 20.7 Å². The van der Waals surface area contributed by atoms with E-state index in [4.69, 9.17) is 10.5 Å². The van der Waals surface area contributed by atoms with Crippen LogP contribution in [-0.4, -0.2) is 37.0 Å². The number of hydrogen-bond acceptors (Lipinski definition) is 4. The number of anilines is 1. The molecule has 23 heavy (non-hydrogen) atoms. The minimum atomic E-state index is -0.364. The Morgan fingerprint density at radius 1 is 1.35 bits per heavy atom. The maximum absolute atomic E-state index is 12.0. The standard InChI is InChI=1S/C17H25N3O3/c1-3-17(18,4-2)12-19-15(21)9-10-20-13-7-5-6-8-14(13)23-11-16(20)22/h5-8H,3-4,9-12,18H2,1-2H3,(H,19,21). The first kappa shape index (κ1) is 17.3. The number of ether oxygens (including phenoxy) is 1. The van der Waals surface area contributed by atoms with Crippen molar-refractivity contribution < 1.29 is 14.3 Å². The predicted molar refractivity (Wildman–Crippen MR) is 89.4 cm³/mol. The predicted octanol–water partition coefficient (Wildman–Crippen LogP) is 1.44. The van der Waals surface area contributed by atoms with E-state index in [1.54, 1.807) is 4.90 Å². The minimum absolute atomic E-state index is 0.0101. The third-order valence-corrected chi connectivity index (χ3v) is 4.42. The maximum Gasteiger partial charge on any atom is 0.265 e. The van der Waals surface area contributed by atoms with Crippen LogP contribution in [-0.2, 0) is 9.59 Å². The van der Waals surface area contributed by atoms with Gasteiger partial charge in [-0.05, 0) is 25.0 Å². The largest absolute Gasteiger partial charge is 0.482 e. The second-order valence-corrected chi connectivity index (χ2v) is 5.90. The molecule has 3 N–H and O–H groups in total. The zero-order chi connectivity index (χ0) is 16.9. The smallest absolute Gasteiger partial charge is 0.265 e. The van der Waals surface area contributed by atoms with Gasteiger partial charge in [-0.25, -0.2) is 0 Å². The van der Waals surface area contributed by atoms with Gasteiger partial charge in [-0.3, -0.25) is 9.59 Å². The molecular weight excluding hydrogens is 294 g/mol. The first-order valence-corrected chi connectivity index (χ1v) is 8.07. The van der Waals surface area contributed by atoms with Gasteiger partial charge in [-0.2, -0.15) is 0 Å². The normalized spacial score (nSPS) is 14.2. The number of nitrogens with two attached hydrogens (primary N) is 1. The van der Waals surface area contributed by atoms with Gasteiger partial charge in [0.15, 0.2) is 6.61 Å². The summed E-state index contributed by atoms with van der Waals surface area (Å²) in [4.78, 5) is 25.7. The number of nitrogens with zero attached hydrogens (tertiary/aromatic N) is 1. The van der Waals surface area contributed by atoms with E-state index in [0.717, 1.165) is 12.8 Å². The molecule has 0 aromatic heterocycles. The molecule has 2 amide bonds. The molecule has 0 radical (unpaired) electrons. The van der Waals surface area contributed by atoms with Gasteiger partial charge in [0, 0.05) is 25.0 Å². The van der Waals surface area contributed by atoms with Gasteiger partial charge in [0.05, 0.1) is 5.69 Å². The number of carbonyl (C=O) groups excluding carboxylic acids is 2. The monoisotopic (exact) mass is 319 g/mol. The lowest BCUT2D eigenvalue weighted by molar-refractivity contribution is -0.122. The molecule has 1 heterocycles. The highest BCUT2D eigenvalue weighted by Gasteiger charge is 2.26. The number of rotatable bonds is 7. The molecule has 1 aromatic carbocycles. The Morgan fingerprint density at radius 3 is 2.74 bits per heavy atom.